The molecule has 1 aliphatic heterocycles. The van der Waals surface area contributed by atoms with Gasteiger partial charge in [0.2, 0.25) is 0 Å². The quantitative estimate of drug-likeness (QED) is 0.299. The van der Waals surface area contributed by atoms with Gasteiger partial charge in [-0.25, -0.2) is 0 Å². The molecule has 150 valence electrons. The Morgan fingerprint density at radius 2 is 1.31 bits per heavy atom. The molecule has 0 unspecified atom stereocenters. The molecule has 0 saturated carbocycles. The molecule has 0 spiro atoms. The van der Waals surface area contributed by atoms with E-state index in [4.69, 9.17) is 0 Å². The van der Waals surface area contributed by atoms with E-state index in [0.717, 1.165) is 22.1 Å². The van der Waals surface area contributed by atoms with E-state index < -0.39 is 0 Å². The topological polar surface area (TPSA) is 31.9 Å². The van der Waals surface area contributed by atoms with Gasteiger partial charge in [-0.2, -0.15) is 0 Å². The Morgan fingerprint density at radius 3 is 2.16 bits per heavy atom. The SMILES string of the molecule is c1ccc(N2c3ccccc3-c3ccccc3-c3ccc4c([nH]c5ccncc54)c32)cc1. The summed E-state index contributed by atoms with van der Waals surface area (Å²) in [5, 5.41) is 2.33. The van der Waals surface area contributed by atoms with E-state index in [-0.39, 0.29) is 0 Å². The molecule has 0 aliphatic carbocycles. The fourth-order valence-electron chi connectivity index (χ4n) is 5.06. The first-order chi connectivity index (χ1) is 15.9. The molecule has 32 heavy (non-hydrogen) atoms. The lowest BCUT2D eigenvalue weighted by atomic mass is 9.94. The fraction of sp³-hybridized carbons (Fsp3) is 0. The van der Waals surface area contributed by atoms with Gasteiger partial charge in [-0.05, 0) is 35.4 Å². The molecule has 0 amide bonds. The number of benzene rings is 4. The van der Waals surface area contributed by atoms with Crippen LogP contribution >= 0.6 is 0 Å². The zero-order valence-electron chi connectivity index (χ0n) is 17.3. The molecule has 1 N–H and O–H groups in total. The number of fused-ring (bicyclic) bond motifs is 9. The van der Waals surface area contributed by atoms with Crippen LogP contribution in [0, 0.1) is 0 Å². The Morgan fingerprint density at radius 1 is 0.594 bits per heavy atom. The largest absolute Gasteiger partial charge is 0.353 e. The number of hydrogen-bond acceptors (Lipinski definition) is 2. The number of nitrogens with zero attached hydrogens (tertiary/aromatic N) is 2. The van der Waals surface area contributed by atoms with Crippen molar-refractivity contribution in [3.63, 3.8) is 0 Å². The molecule has 3 heteroatoms. The van der Waals surface area contributed by atoms with E-state index in [2.05, 4.69) is 106 Å². The summed E-state index contributed by atoms with van der Waals surface area (Å²) >= 11 is 0. The number of para-hydroxylation sites is 2. The Hall–Kier alpha value is -4.37. The molecular weight excluding hydrogens is 390 g/mol. The van der Waals surface area contributed by atoms with Crippen molar-refractivity contribution >= 4 is 38.9 Å². The summed E-state index contributed by atoms with van der Waals surface area (Å²) in [5.74, 6) is 0. The van der Waals surface area contributed by atoms with Gasteiger partial charge in [0.25, 0.3) is 0 Å². The van der Waals surface area contributed by atoms with Crippen molar-refractivity contribution < 1.29 is 0 Å². The van der Waals surface area contributed by atoms with Gasteiger partial charge in [-0.15, -0.1) is 0 Å². The number of hydrogen-bond donors (Lipinski definition) is 1. The molecule has 0 fully saturated rings. The number of anilines is 3. The highest BCUT2D eigenvalue weighted by Crippen LogP contribution is 2.53. The van der Waals surface area contributed by atoms with Crippen molar-refractivity contribution in [3.05, 3.63) is 109 Å². The van der Waals surface area contributed by atoms with Gasteiger partial charge in [0.15, 0.2) is 0 Å². The van der Waals surface area contributed by atoms with Crippen LogP contribution in [-0.2, 0) is 0 Å². The summed E-state index contributed by atoms with van der Waals surface area (Å²) in [7, 11) is 0. The van der Waals surface area contributed by atoms with Crippen molar-refractivity contribution in [3.8, 4) is 22.3 Å². The van der Waals surface area contributed by atoms with E-state index in [1.165, 1.54) is 39.0 Å². The van der Waals surface area contributed by atoms with Gasteiger partial charge >= 0.3 is 0 Å². The van der Waals surface area contributed by atoms with E-state index >= 15 is 0 Å². The Bertz CT molecular complexity index is 1630. The van der Waals surface area contributed by atoms with Gasteiger partial charge in [0.05, 0.1) is 16.9 Å². The summed E-state index contributed by atoms with van der Waals surface area (Å²) in [5.41, 5.74) is 10.6. The smallest absolute Gasteiger partial charge is 0.0782 e. The Balaban J connectivity index is 1.71. The molecule has 0 bridgehead atoms. The maximum atomic E-state index is 4.38. The minimum atomic E-state index is 1.10. The summed E-state index contributed by atoms with van der Waals surface area (Å²) in [4.78, 5) is 10.5. The van der Waals surface area contributed by atoms with Crippen LogP contribution in [0.25, 0.3) is 44.1 Å². The molecule has 6 aromatic rings. The predicted octanol–water partition coefficient (Wildman–Crippen LogP) is 7.83. The van der Waals surface area contributed by atoms with Crippen LogP contribution in [0.15, 0.2) is 109 Å². The third-order valence-corrected chi connectivity index (χ3v) is 6.44. The summed E-state index contributed by atoms with van der Waals surface area (Å²) in [6.45, 7) is 0. The number of aromatic amines is 1. The number of nitrogens with one attached hydrogen (secondary N) is 1. The first-order valence-corrected chi connectivity index (χ1v) is 10.8. The zero-order valence-corrected chi connectivity index (χ0v) is 17.3. The van der Waals surface area contributed by atoms with Gasteiger partial charge in [0.1, 0.15) is 0 Å². The molecule has 3 heterocycles. The van der Waals surface area contributed by atoms with E-state index in [1.807, 2.05) is 18.5 Å². The zero-order chi connectivity index (χ0) is 21.1. The molecule has 0 atom stereocenters. The van der Waals surface area contributed by atoms with Crippen molar-refractivity contribution in [2.45, 2.75) is 0 Å². The molecule has 4 aromatic carbocycles. The molecule has 3 nitrogen and oxygen atoms in total. The Labute approximate surface area is 185 Å². The van der Waals surface area contributed by atoms with Crippen molar-refractivity contribution in [1.82, 2.24) is 9.97 Å². The first kappa shape index (κ1) is 17.3. The van der Waals surface area contributed by atoms with Crippen LogP contribution in [0.5, 0.6) is 0 Å². The highest BCUT2D eigenvalue weighted by molar-refractivity contribution is 6.17. The van der Waals surface area contributed by atoms with E-state index in [1.54, 1.807) is 0 Å². The monoisotopic (exact) mass is 409 g/mol. The third-order valence-electron chi connectivity index (χ3n) is 6.44. The standard InChI is InChI=1S/C29H19N3/c1-2-8-19(9-3-1)32-27-13-7-6-12-22(27)20-10-4-5-11-21(20)24-15-14-23-25-18-30-17-16-26(25)31-28(23)29(24)32/h1-18,31H. The second kappa shape index (κ2) is 6.56. The van der Waals surface area contributed by atoms with Gasteiger partial charge < -0.3 is 9.88 Å². The molecule has 2 aromatic heterocycles. The normalized spacial score (nSPS) is 12.3. The van der Waals surface area contributed by atoms with Gasteiger partial charge in [-0.3, -0.25) is 4.98 Å². The minimum Gasteiger partial charge on any atom is -0.353 e. The van der Waals surface area contributed by atoms with Crippen LogP contribution < -0.4 is 4.90 Å². The maximum absolute atomic E-state index is 4.38. The average molecular weight is 409 g/mol. The van der Waals surface area contributed by atoms with E-state index in [9.17, 15) is 0 Å². The molecular formula is C29H19N3. The highest BCUT2D eigenvalue weighted by Gasteiger charge is 2.28. The van der Waals surface area contributed by atoms with Crippen LogP contribution in [0.1, 0.15) is 0 Å². The maximum Gasteiger partial charge on any atom is 0.0782 e. The summed E-state index contributed by atoms with van der Waals surface area (Å²) in [6, 6.07) is 34.6. The first-order valence-electron chi connectivity index (χ1n) is 10.8. The van der Waals surface area contributed by atoms with Crippen LogP contribution in [0.3, 0.4) is 0 Å². The highest BCUT2D eigenvalue weighted by atomic mass is 15.2. The second-order valence-corrected chi connectivity index (χ2v) is 8.16. The lowest BCUT2D eigenvalue weighted by Gasteiger charge is -2.27. The Kier molecular flexibility index (Phi) is 3.55. The molecule has 1 aliphatic rings. The summed E-state index contributed by atoms with van der Waals surface area (Å²) in [6.07, 6.45) is 3.79. The average Bonchev–Trinajstić information content (AvgIpc) is 3.18. The number of pyridine rings is 1. The molecule has 7 rings (SSSR count). The van der Waals surface area contributed by atoms with Gasteiger partial charge in [-0.1, -0.05) is 72.8 Å². The van der Waals surface area contributed by atoms with Crippen molar-refractivity contribution in [2.24, 2.45) is 0 Å². The molecule has 0 saturated heterocycles. The van der Waals surface area contributed by atoms with Crippen LogP contribution in [-0.4, -0.2) is 9.97 Å². The van der Waals surface area contributed by atoms with Gasteiger partial charge in [0, 0.05) is 45.5 Å². The van der Waals surface area contributed by atoms with Crippen LogP contribution in [0.4, 0.5) is 17.1 Å². The third kappa shape index (κ3) is 2.33. The summed E-state index contributed by atoms with van der Waals surface area (Å²) < 4.78 is 0. The second-order valence-electron chi connectivity index (χ2n) is 8.16. The predicted molar refractivity (Wildman–Crippen MR) is 133 cm³/mol. The van der Waals surface area contributed by atoms with Crippen molar-refractivity contribution in [2.75, 3.05) is 4.90 Å². The lowest BCUT2D eigenvalue weighted by molar-refractivity contribution is 1.30. The number of H-pyrrole nitrogens is 1. The lowest BCUT2D eigenvalue weighted by Crippen LogP contribution is -2.11. The minimum absolute atomic E-state index is 1.10. The van der Waals surface area contributed by atoms with Crippen molar-refractivity contribution in [1.29, 1.82) is 0 Å². The number of rotatable bonds is 1. The van der Waals surface area contributed by atoms with Crippen LogP contribution in [0.2, 0.25) is 0 Å². The van der Waals surface area contributed by atoms with E-state index in [0.29, 0.717) is 0 Å². The number of aromatic nitrogens is 2. The molecule has 0 radical (unpaired) electrons. The fourth-order valence-corrected chi connectivity index (χ4v) is 5.06.